The van der Waals surface area contributed by atoms with Gasteiger partial charge in [-0.2, -0.15) is 0 Å². The summed E-state index contributed by atoms with van der Waals surface area (Å²) in [4.78, 5) is 25.7. The van der Waals surface area contributed by atoms with Gasteiger partial charge in [-0.05, 0) is 30.9 Å². The van der Waals surface area contributed by atoms with Crippen molar-refractivity contribution in [3.8, 4) is 0 Å². The third kappa shape index (κ3) is 3.61. The van der Waals surface area contributed by atoms with E-state index in [1.807, 2.05) is 31.2 Å². The zero-order valence-corrected chi connectivity index (χ0v) is 12.4. The quantitative estimate of drug-likeness (QED) is 0.859. The van der Waals surface area contributed by atoms with Crippen LogP contribution in [0.15, 0.2) is 24.3 Å². The van der Waals surface area contributed by atoms with E-state index in [9.17, 15) is 9.59 Å². The van der Waals surface area contributed by atoms with E-state index in [0.717, 1.165) is 24.0 Å². The number of primary amides is 1. The SMILES string of the molecule is CC1CCC(C(N)=O)CN1C(=O)Cc1ccccc1CN. The van der Waals surface area contributed by atoms with Crippen molar-refractivity contribution in [2.75, 3.05) is 6.54 Å². The van der Waals surface area contributed by atoms with E-state index in [1.54, 1.807) is 4.90 Å². The molecule has 0 radical (unpaired) electrons. The Kier molecular flexibility index (Phi) is 4.96. The van der Waals surface area contributed by atoms with Crippen molar-refractivity contribution in [1.29, 1.82) is 0 Å². The van der Waals surface area contributed by atoms with Gasteiger partial charge in [-0.15, -0.1) is 0 Å². The minimum absolute atomic E-state index is 0.0364. The first-order valence-corrected chi connectivity index (χ1v) is 7.38. The molecule has 1 aliphatic heterocycles. The molecule has 4 N–H and O–H groups in total. The smallest absolute Gasteiger partial charge is 0.227 e. The maximum atomic E-state index is 12.5. The van der Waals surface area contributed by atoms with Crippen molar-refractivity contribution in [2.24, 2.45) is 17.4 Å². The topological polar surface area (TPSA) is 89.4 Å². The van der Waals surface area contributed by atoms with E-state index in [4.69, 9.17) is 11.5 Å². The second kappa shape index (κ2) is 6.72. The number of hydrogen-bond acceptors (Lipinski definition) is 3. The van der Waals surface area contributed by atoms with Crippen LogP contribution < -0.4 is 11.5 Å². The Morgan fingerprint density at radius 1 is 1.24 bits per heavy atom. The molecule has 0 bridgehead atoms. The lowest BCUT2D eigenvalue weighted by atomic mass is 9.92. The first kappa shape index (κ1) is 15.5. The Morgan fingerprint density at radius 3 is 2.52 bits per heavy atom. The third-order valence-corrected chi connectivity index (χ3v) is 4.28. The normalized spacial score (nSPS) is 22.1. The maximum absolute atomic E-state index is 12.5. The second-order valence-electron chi connectivity index (χ2n) is 5.72. The molecule has 1 aliphatic rings. The van der Waals surface area contributed by atoms with Crippen LogP contribution in [0.4, 0.5) is 0 Å². The standard InChI is InChI=1S/C16H23N3O2/c1-11-6-7-14(16(18)21)10-19(11)15(20)8-12-4-2-3-5-13(12)9-17/h2-5,11,14H,6-10,17H2,1H3,(H2,18,21). The van der Waals surface area contributed by atoms with Crippen LogP contribution in [0.5, 0.6) is 0 Å². The fourth-order valence-corrected chi connectivity index (χ4v) is 2.88. The number of hydrogen-bond donors (Lipinski definition) is 2. The van der Waals surface area contributed by atoms with Gasteiger partial charge in [0, 0.05) is 19.1 Å². The fourth-order valence-electron chi connectivity index (χ4n) is 2.88. The number of carbonyl (C=O) groups is 2. The van der Waals surface area contributed by atoms with Gasteiger partial charge in [0.05, 0.1) is 12.3 Å². The van der Waals surface area contributed by atoms with Gasteiger partial charge in [0.15, 0.2) is 0 Å². The minimum Gasteiger partial charge on any atom is -0.369 e. The summed E-state index contributed by atoms with van der Waals surface area (Å²) in [7, 11) is 0. The highest BCUT2D eigenvalue weighted by molar-refractivity contribution is 5.82. The van der Waals surface area contributed by atoms with Gasteiger partial charge in [0.2, 0.25) is 11.8 Å². The van der Waals surface area contributed by atoms with Crippen LogP contribution in [0.2, 0.25) is 0 Å². The van der Waals surface area contributed by atoms with E-state index in [-0.39, 0.29) is 23.8 Å². The van der Waals surface area contributed by atoms with Gasteiger partial charge in [-0.3, -0.25) is 9.59 Å². The highest BCUT2D eigenvalue weighted by atomic mass is 16.2. The number of amides is 2. The predicted molar refractivity (Wildman–Crippen MR) is 81.1 cm³/mol. The Labute approximate surface area is 125 Å². The van der Waals surface area contributed by atoms with Crippen molar-refractivity contribution in [2.45, 2.75) is 38.8 Å². The monoisotopic (exact) mass is 289 g/mol. The van der Waals surface area contributed by atoms with Crippen LogP contribution in [0.1, 0.15) is 30.9 Å². The average molecular weight is 289 g/mol. The first-order chi connectivity index (χ1) is 10.0. The molecule has 5 nitrogen and oxygen atoms in total. The van der Waals surface area contributed by atoms with Crippen molar-refractivity contribution in [1.82, 2.24) is 4.90 Å². The number of nitrogens with two attached hydrogens (primary N) is 2. The molecule has 1 aromatic carbocycles. The molecule has 1 saturated heterocycles. The van der Waals surface area contributed by atoms with Gasteiger partial charge in [0.25, 0.3) is 0 Å². The average Bonchev–Trinajstić information content (AvgIpc) is 2.47. The molecule has 1 aromatic rings. The zero-order chi connectivity index (χ0) is 15.4. The molecule has 0 aromatic heterocycles. The molecule has 2 atom stereocenters. The Hall–Kier alpha value is -1.88. The molecular formula is C16H23N3O2. The number of nitrogens with zero attached hydrogens (tertiary/aromatic N) is 1. The summed E-state index contributed by atoms with van der Waals surface area (Å²) in [5, 5.41) is 0. The summed E-state index contributed by atoms with van der Waals surface area (Å²) in [6, 6.07) is 7.85. The number of benzene rings is 1. The minimum atomic E-state index is -0.318. The summed E-state index contributed by atoms with van der Waals surface area (Å²) in [5.41, 5.74) is 13.0. The zero-order valence-electron chi connectivity index (χ0n) is 12.4. The lowest BCUT2D eigenvalue weighted by Crippen LogP contribution is -2.49. The first-order valence-electron chi connectivity index (χ1n) is 7.38. The number of rotatable bonds is 4. The van der Waals surface area contributed by atoms with Gasteiger partial charge in [-0.25, -0.2) is 0 Å². The van der Waals surface area contributed by atoms with Crippen LogP contribution in [0, 0.1) is 5.92 Å². The molecule has 2 amide bonds. The molecule has 0 saturated carbocycles. The van der Waals surface area contributed by atoms with Crippen LogP contribution >= 0.6 is 0 Å². The molecule has 2 unspecified atom stereocenters. The Morgan fingerprint density at radius 2 is 1.90 bits per heavy atom. The van der Waals surface area contributed by atoms with Gasteiger partial charge in [0.1, 0.15) is 0 Å². The number of piperidine rings is 1. The molecule has 1 heterocycles. The molecule has 1 fully saturated rings. The van der Waals surface area contributed by atoms with E-state index in [2.05, 4.69) is 0 Å². The Balaban J connectivity index is 2.09. The molecule has 114 valence electrons. The third-order valence-electron chi connectivity index (χ3n) is 4.28. The van der Waals surface area contributed by atoms with Crippen LogP contribution in [0.3, 0.4) is 0 Å². The molecule has 0 aliphatic carbocycles. The maximum Gasteiger partial charge on any atom is 0.227 e. The van der Waals surface area contributed by atoms with Crippen LogP contribution in [-0.2, 0) is 22.6 Å². The predicted octanol–water partition coefficient (Wildman–Crippen LogP) is 0.800. The molecule has 2 rings (SSSR count). The van der Waals surface area contributed by atoms with Crippen molar-refractivity contribution in [3.05, 3.63) is 35.4 Å². The van der Waals surface area contributed by atoms with E-state index >= 15 is 0 Å². The second-order valence-corrected chi connectivity index (χ2v) is 5.72. The molecule has 21 heavy (non-hydrogen) atoms. The van der Waals surface area contributed by atoms with Crippen molar-refractivity contribution in [3.63, 3.8) is 0 Å². The van der Waals surface area contributed by atoms with Gasteiger partial charge < -0.3 is 16.4 Å². The highest BCUT2D eigenvalue weighted by Gasteiger charge is 2.31. The summed E-state index contributed by atoms with van der Waals surface area (Å²) in [5.74, 6) is -0.508. The number of likely N-dealkylation sites (tertiary alicyclic amines) is 1. The number of carbonyl (C=O) groups excluding carboxylic acids is 2. The summed E-state index contributed by atoms with van der Waals surface area (Å²) in [6.45, 7) is 2.87. The van der Waals surface area contributed by atoms with Crippen molar-refractivity contribution >= 4 is 11.8 Å². The Bertz CT molecular complexity index is 530. The van der Waals surface area contributed by atoms with E-state index in [0.29, 0.717) is 19.5 Å². The lowest BCUT2D eigenvalue weighted by Gasteiger charge is -2.37. The van der Waals surface area contributed by atoms with Gasteiger partial charge >= 0.3 is 0 Å². The fraction of sp³-hybridized carbons (Fsp3) is 0.500. The van der Waals surface area contributed by atoms with Gasteiger partial charge in [-0.1, -0.05) is 24.3 Å². The molecular weight excluding hydrogens is 266 g/mol. The lowest BCUT2D eigenvalue weighted by molar-refractivity contribution is -0.136. The van der Waals surface area contributed by atoms with E-state index < -0.39 is 0 Å². The van der Waals surface area contributed by atoms with Crippen LogP contribution in [-0.4, -0.2) is 29.3 Å². The largest absolute Gasteiger partial charge is 0.369 e. The highest BCUT2D eigenvalue weighted by Crippen LogP contribution is 2.23. The summed E-state index contributed by atoms with van der Waals surface area (Å²) >= 11 is 0. The molecule has 5 heteroatoms. The van der Waals surface area contributed by atoms with E-state index in [1.165, 1.54) is 0 Å². The summed E-state index contributed by atoms with van der Waals surface area (Å²) in [6.07, 6.45) is 1.90. The van der Waals surface area contributed by atoms with Crippen LogP contribution in [0.25, 0.3) is 0 Å². The molecule has 0 spiro atoms. The summed E-state index contributed by atoms with van der Waals surface area (Å²) < 4.78 is 0. The van der Waals surface area contributed by atoms with Crippen molar-refractivity contribution < 1.29 is 9.59 Å².